The van der Waals surface area contributed by atoms with E-state index >= 15 is 0 Å². The predicted molar refractivity (Wildman–Crippen MR) is 66.4 cm³/mol. The van der Waals surface area contributed by atoms with Gasteiger partial charge in [-0.05, 0) is 30.2 Å². The maximum Gasteiger partial charge on any atom is 0.238 e. The normalized spacial score (nSPS) is 10.4. The molecule has 0 bridgehead atoms. The molecule has 0 aliphatic rings. The Balaban J connectivity index is 2.25. The van der Waals surface area contributed by atoms with E-state index in [-0.39, 0.29) is 23.3 Å². The largest absolute Gasteiger partial charge is 0.437 e. The zero-order valence-corrected chi connectivity index (χ0v) is 10.4. The molecule has 0 saturated carbocycles. The third kappa shape index (κ3) is 2.78. The fourth-order valence-electron chi connectivity index (χ4n) is 1.38. The van der Waals surface area contributed by atoms with Gasteiger partial charge >= 0.3 is 0 Å². The molecule has 18 heavy (non-hydrogen) atoms. The molecule has 1 aromatic heterocycles. The van der Waals surface area contributed by atoms with Crippen molar-refractivity contribution < 1.29 is 14.2 Å². The van der Waals surface area contributed by atoms with Crippen LogP contribution < -0.4 is 4.74 Å². The Bertz CT molecular complexity index is 575. The van der Waals surface area contributed by atoms with Gasteiger partial charge in [0.2, 0.25) is 5.88 Å². The summed E-state index contributed by atoms with van der Waals surface area (Å²) in [6.07, 6.45) is 1.45. The van der Waals surface area contributed by atoms with E-state index in [9.17, 15) is 4.39 Å². The van der Waals surface area contributed by atoms with Crippen molar-refractivity contribution in [1.29, 1.82) is 0 Å². The highest BCUT2D eigenvalue weighted by atomic mass is 35.5. The summed E-state index contributed by atoms with van der Waals surface area (Å²) in [6.45, 7) is 1.52. The monoisotopic (exact) mass is 267 g/mol. The van der Waals surface area contributed by atoms with Gasteiger partial charge in [0.15, 0.2) is 0 Å². The summed E-state index contributed by atoms with van der Waals surface area (Å²) in [7, 11) is 0. The van der Waals surface area contributed by atoms with Gasteiger partial charge in [-0.1, -0.05) is 17.7 Å². The van der Waals surface area contributed by atoms with Crippen LogP contribution in [0.4, 0.5) is 4.39 Å². The summed E-state index contributed by atoms with van der Waals surface area (Å²) < 4.78 is 18.7. The molecule has 2 aromatic rings. The van der Waals surface area contributed by atoms with Crippen molar-refractivity contribution in [3.05, 3.63) is 52.4 Å². The minimum absolute atomic E-state index is 0.147. The molecule has 0 unspecified atom stereocenters. The molecule has 0 spiro atoms. The van der Waals surface area contributed by atoms with Crippen LogP contribution in [0, 0.1) is 12.7 Å². The highest BCUT2D eigenvalue weighted by Gasteiger charge is 2.07. The molecule has 3 nitrogen and oxygen atoms in total. The van der Waals surface area contributed by atoms with Crippen LogP contribution in [0.2, 0.25) is 5.02 Å². The lowest BCUT2D eigenvalue weighted by molar-refractivity contribution is 0.281. The number of ether oxygens (including phenoxy) is 1. The summed E-state index contributed by atoms with van der Waals surface area (Å²) in [5, 5.41) is 9.19. The van der Waals surface area contributed by atoms with Crippen molar-refractivity contribution in [2.75, 3.05) is 0 Å². The lowest BCUT2D eigenvalue weighted by Gasteiger charge is -2.08. The Kier molecular flexibility index (Phi) is 3.79. The number of halogens is 2. The van der Waals surface area contributed by atoms with Crippen molar-refractivity contribution in [1.82, 2.24) is 4.98 Å². The summed E-state index contributed by atoms with van der Waals surface area (Å²) in [5.41, 5.74) is 1.12. The second-order valence-corrected chi connectivity index (χ2v) is 4.21. The Hall–Kier alpha value is -1.65. The number of hydrogen-bond acceptors (Lipinski definition) is 3. The van der Waals surface area contributed by atoms with Gasteiger partial charge in [-0.3, -0.25) is 0 Å². The zero-order chi connectivity index (χ0) is 13.1. The summed E-state index contributed by atoms with van der Waals surface area (Å²) >= 11 is 5.94. The lowest BCUT2D eigenvalue weighted by atomic mass is 10.2. The van der Waals surface area contributed by atoms with Crippen molar-refractivity contribution in [2.45, 2.75) is 13.5 Å². The molecule has 0 amide bonds. The van der Waals surface area contributed by atoms with Crippen LogP contribution in [0.1, 0.15) is 11.1 Å². The first-order valence-corrected chi connectivity index (χ1v) is 5.67. The fraction of sp³-hybridized carbons (Fsp3) is 0.154. The Labute approximate surface area is 109 Å². The number of hydrogen-bond donors (Lipinski definition) is 1. The maximum atomic E-state index is 13.3. The summed E-state index contributed by atoms with van der Waals surface area (Å²) in [4.78, 5) is 3.96. The van der Waals surface area contributed by atoms with Crippen molar-refractivity contribution in [3.63, 3.8) is 0 Å². The van der Waals surface area contributed by atoms with Gasteiger partial charge in [-0.15, -0.1) is 0 Å². The Morgan fingerprint density at radius 1 is 1.39 bits per heavy atom. The number of aromatic nitrogens is 1. The minimum atomic E-state index is -0.351. The van der Waals surface area contributed by atoms with E-state index in [0.717, 1.165) is 0 Å². The average molecular weight is 268 g/mol. The highest BCUT2D eigenvalue weighted by Crippen LogP contribution is 2.28. The first kappa shape index (κ1) is 12.8. The maximum absolute atomic E-state index is 13.3. The Morgan fingerprint density at radius 2 is 2.17 bits per heavy atom. The first-order chi connectivity index (χ1) is 8.60. The molecule has 0 atom stereocenters. The van der Waals surface area contributed by atoms with Crippen LogP contribution >= 0.6 is 11.6 Å². The van der Waals surface area contributed by atoms with Gasteiger partial charge in [0.1, 0.15) is 16.6 Å². The standard InChI is InChI=1S/C13H11ClFNO2/c1-8-2-3-10(5-12(8)15)18-13-11(14)4-9(7-17)6-16-13/h2-6,17H,7H2,1H3. The molecule has 2 rings (SSSR count). The number of aliphatic hydroxyl groups is 1. The second kappa shape index (κ2) is 5.33. The SMILES string of the molecule is Cc1ccc(Oc2ncc(CO)cc2Cl)cc1F. The number of benzene rings is 1. The van der Waals surface area contributed by atoms with E-state index in [2.05, 4.69) is 4.98 Å². The molecule has 0 aliphatic heterocycles. The van der Waals surface area contributed by atoms with Crippen LogP contribution in [0.25, 0.3) is 0 Å². The van der Waals surface area contributed by atoms with Crippen LogP contribution in [0.5, 0.6) is 11.6 Å². The van der Waals surface area contributed by atoms with Gasteiger partial charge in [-0.25, -0.2) is 9.37 Å². The van der Waals surface area contributed by atoms with Gasteiger partial charge in [-0.2, -0.15) is 0 Å². The number of aliphatic hydroxyl groups excluding tert-OH is 1. The van der Waals surface area contributed by atoms with E-state index in [0.29, 0.717) is 16.9 Å². The number of aryl methyl sites for hydroxylation is 1. The van der Waals surface area contributed by atoms with Crippen LogP contribution in [-0.4, -0.2) is 10.1 Å². The molecular weight excluding hydrogens is 257 g/mol. The smallest absolute Gasteiger partial charge is 0.238 e. The van der Waals surface area contributed by atoms with Gasteiger partial charge in [0, 0.05) is 12.3 Å². The Morgan fingerprint density at radius 3 is 2.78 bits per heavy atom. The lowest BCUT2D eigenvalue weighted by Crippen LogP contribution is -1.93. The fourth-order valence-corrected chi connectivity index (χ4v) is 1.60. The predicted octanol–water partition coefficient (Wildman–Crippen LogP) is 3.47. The second-order valence-electron chi connectivity index (χ2n) is 3.80. The van der Waals surface area contributed by atoms with Crippen molar-refractivity contribution >= 4 is 11.6 Å². The van der Waals surface area contributed by atoms with Crippen LogP contribution in [0.15, 0.2) is 30.5 Å². The van der Waals surface area contributed by atoms with E-state index in [1.807, 2.05) is 0 Å². The topological polar surface area (TPSA) is 42.4 Å². The molecule has 1 N–H and O–H groups in total. The first-order valence-electron chi connectivity index (χ1n) is 5.29. The molecule has 5 heteroatoms. The van der Waals surface area contributed by atoms with Crippen LogP contribution in [0.3, 0.4) is 0 Å². The third-order valence-electron chi connectivity index (χ3n) is 2.40. The molecule has 0 fully saturated rings. The van der Waals surface area contributed by atoms with Gasteiger partial charge in [0.05, 0.1) is 6.61 Å². The van der Waals surface area contributed by atoms with E-state index in [4.69, 9.17) is 21.4 Å². The quantitative estimate of drug-likeness (QED) is 0.926. The number of rotatable bonds is 3. The molecule has 0 saturated heterocycles. The summed E-state index contributed by atoms with van der Waals surface area (Å²) in [5.74, 6) is 0.150. The highest BCUT2D eigenvalue weighted by molar-refractivity contribution is 6.31. The summed E-state index contributed by atoms with van der Waals surface area (Å²) in [6, 6.07) is 6.07. The van der Waals surface area contributed by atoms with Crippen molar-refractivity contribution in [2.24, 2.45) is 0 Å². The van der Waals surface area contributed by atoms with E-state index in [1.54, 1.807) is 25.1 Å². The molecule has 0 radical (unpaired) electrons. The molecular formula is C13H11ClFNO2. The molecule has 94 valence electrons. The third-order valence-corrected chi connectivity index (χ3v) is 2.68. The van der Waals surface area contributed by atoms with Gasteiger partial charge in [0.25, 0.3) is 0 Å². The van der Waals surface area contributed by atoms with Gasteiger partial charge < -0.3 is 9.84 Å². The molecule has 1 aromatic carbocycles. The van der Waals surface area contributed by atoms with Crippen LogP contribution in [-0.2, 0) is 6.61 Å². The van der Waals surface area contributed by atoms with E-state index < -0.39 is 0 Å². The zero-order valence-electron chi connectivity index (χ0n) is 9.65. The average Bonchev–Trinajstić information content (AvgIpc) is 2.36. The number of nitrogens with zero attached hydrogens (tertiary/aromatic N) is 1. The molecule has 0 aliphatic carbocycles. The van der Waals surface area contributed by atoms with E-state index in [1.165, 1.54) is 12.3 Å². The minimum Gasteiger partial charge on any atom is -0.437 e. The number of pyridine rings is 1. The molecule has 1 heterocycles. The van der Waals surface area contributed by atoms with Crippen molar-refractivity contribution in [3.8, 4) is 11.6 Å².